The smallest absolute Gasteiger partial charge is 0.230 e. The average Bonchev–Trinajstić information content (AvgIpc) is 3.26. The van der Waals surface area contributed by atoms with Crippen molar-refractivity contribution in [2.24, 2.45) is 0 Å². The van der Waals surface area contributed by atoms with Crippen LogP contribution in [0, 0.1) is 11.6 Å². The van der Waals surface area contributed by atoms with Crippen LogP contribution in [0.5, 0.6) is 11.5 Å². The highest BCUT2D eigenvalue weighted by molar-refractivity contribution is 5.93. The molecule has 34 heavy (non-hydrogen) atoms. The van der Waals surface area contributed by atoms with Crippen LogP contribution < -0.4 is 20.1 Å². The third-order valence-electron chi connectivity index (χ3n) is 4.84. The lowest BCUT2D eigenvalue weighted by Crippen LogP contribution is -2.16. The number of rotatable bonds is 9. The molecule has 2 aromatic carbocycles. The maximum atomic E-state index is 13.8. The zero-order valence-electron chi connectivity index (χ0n) is 18.5. The molecule has 2 heterocycles. The summed E-state index contributed by atoms with van der Waals surface area (Å²) in [6.07, 6.45) is 2.14. The molecule has 0 atom stereocenters. The van der Waals surface area contributed by atoms with E-state index in [4.69, 9.17) is 9.47 Å². The van der Waals surface area contributed by atoms with Crippen molar-refractivity contribution in [3.05, 3.63) is 60.1 Å². The molecule has 0 aliphatic heterocycles. The first-order valence-corrected chi connectivity index (χ1v) is 10.5. The summed E-state index contributed by atoms with van der Waals surface area (Å²) in [5, 5.41) is 13.0. The lowest BCUT2D eigenvalue weighted by molar-refractivity contribution is -0.115. The number of aromatic nitrogens is 4. The maximum absolute atomic E-state index is 13.8. The molecular formula is C23H22F2N6O3. The van der Waals surface area contributed by atoms with E-state index >= 15 is 0 Å². The lowest BCUT2D eigenvalue weighted by Gasteiger charge is -2.12. The van der Waals surface area contributed by atoms with Crippen molar-refractivity contribution in [1.82, 2.24) is 20.2 Å². The van der Waals surface area contributed by atoms with Gasteiger partial charge in [0.05, 0.1) is 31.3 Å². The number of aromatic amines is 1. The third kappa shape index (κ3) is 5.03. The fourth-order valence-corrected chi connectivity index (χ4v) is 3.25. The summed E-state index contributed by atoms with van der Waals surface area (Å²) < 4.78 is 38.3. The molecule has 0 aliphatic rings. The van der Waals surface area contributed by atoms with Crippen LogP contribution in [0.2, 0.25) is 0 Å². The van der Waals surface area contributed by atoms with E-state index in [0.717, 1.165) is 12.5 Å². The van der Waals surface area contributed by atoms with E-state index in [1.165, 1.54) is 18.5 Å². The van der Waals surface area contributed by atoms with Crippen molar-refractivity contribution in [2.75, 3.05) is 24.4 Å². The first-order chi connectivity index (χ1) is 16.5. The van der Waals surface area contributed by atoms with Crippen molar-refractivity contribution in [3.63, 3.8) is 0 Å². The summed E-state index contributed by atoms with van der Waals surface area (Å²) in [6.45, 7) is 2.56. The fraction of sp³-hybridized carbons (Fsp3) is 0.217. The lowest BCUT2D eigenvalue weighted by atomic mass is 10.2. The average molecular weight is 468 g/mol. The SMILES string of the molecule is CCCOc1cc2ncnc(Nc3cc(CC(=O)Nc4cccc(F)c4F)[nH]n3)c2cc1OC. The Bertz CT molecular complexity index is 1330. The summed E-state index contributed by atoms with van der Waals surface area (Å²) in [4.78, 5) is 20.8. The first-order valence-electron chi connectivity index (χ1n) is 10.5. The van der Waals surface area contributed by atoms with E-state index in [2.05, 4.69) is 30.8 Å². The molecule has 0 aliphatic carbocycles. The number of halogens is 2. The van der Waals surface area contributed by atoms with Crippen molar-refractivity contribution >= 4 is 34.1 Å². The van der Waals surface area contributed by atoms with Crippen LogP contribution in [0.15, 0.2) is 42.7 Å². The Morgan fingerprint density at radius 2 is 2.00 bits per heavy atom. The third-order valence-corrected chi connectivity index (χ3v) is 4.84. The van der Waals surface area contributed by atoms with Gasteiger partial charge in [-0.3, -0.25) is 9.89 Å². The number of methoxy groups -OCH3 is 1. The van der Waals surface area contributed by atoms with Crippen LogP contribution in [0.1, 0.15) is 19.0 Å². The Kier molecular flexibility index (Phi) is 6.81. The van der Waals surface area contributed by atoms with Gasteiger partial charge < -0.3 is 20.1 Å². The van der Waals surface area contributed by atoms with Crippen molar-refractivity contribution < 1.29 is 23.0 Å². The van der Waals surface area contributed by atoms with Crippen molar-refractivity contribution in [2.45, 2.75) is 19.8 Å². The highest BCUT2D eigenvalue weighted by Crippen LogP contribution is 2.34. The highest BCUT2D eigenvalue weighted by Gasteiger charge is 2.15. The molecule has 0 unspecified atom stereocenters. The Hall–Kier alpha value is -4.28. The van der Waals surface area contributed by atoms with Gasteiger partial charge in [-0.05, 0) is 24.6 Å². The number of ether oxygens (including phenoxy) is 2. The zero-order valence-corrected chi connectivity index (χ0v) is 18.5. The van der Waals surface area contributed by atoms with E-state index in [9.17, 15) is 13.6 Å². The number of amides is 1. The molecule has 0 radical (unpaired) electrons. The van der Waals surface area contributed by atoms with Crippen LogP contribution >= 0.6 is 0 Å². The Labute approximate surface area is 193 Å². The number of benzene rings is 2. The van der Waals surface area contributed by atoms with Gasteiger partial charge in [0.1, 0.15) is 12.1 Å². The summed E-state index contributed by atoms with van der Waals surface area (Å²) in [5.74, 6) is -0.663. The topological polar surface area (TPSA) is 114 Å². The molecule has 11 heteroatoms. The van der Waals surface area contributed by atoms with Crippen molar-refractivity contribution in [1.29, 1.82) is 0 Å². The molecule has 1 amide bonds. The Balaban J connectivity index is 1.49. The molecule has 0 fully saturated rings. The number of carbonyl (C=O) groups excluding carboxylic acids is 1. The number of nitrogens with zero attached hydrogens (tertiary/aromatic N) is 3. The number of hydrogen-bond donors (Lipinski definition) is 3. The number of anilines is 3. The van der Waals surface area contributed by atoms with Gasteiger partial charge >= 0.3 is 0 Å². The maximum Gasteiger partial charge on any atom is 0.230 e. The molecule has 2 aromatic heterocycles. The summed E-state index contributed by atoms with van der Waals surface area (Å²) in [6, 6.07) is 8.74. The second-order valence-electron chi connectivity index (χ2n) is 7.32. The van der Waals surface area contributed by atoms with Gasteiger partial charge in [-0.1, -0.05) is 13.0 Å². The minimum Gasteiger partial charge on any atom is -0.493 e. The van der Waals surface area contributed by atoms with E-state index in [1.54, 1.807) is 25.3 Å². The number of hydrogen-bond acceptors (Lipinski definition) is 7. The standard InChI is InChI=1S/C23H22F2N6O3/c1-3-7-34-19-11-17-14(10-18(19)33-2)23(27-12-26-17)29-20-8-13(30-31-20)9-21(32)28-16-6-4-5-15(24)22(16)25/h4-6,8,10-12H,3,7,9H2,1-2H3,(H,28,32)(H2,26,27,29,30,31). The molecule has 4 aromatic rings. The van der Waals surface area contributed by atoms with Crippen LogP contribution in [0.3, 0.4) is 0 Å². The number of nitrogens with one attached hydrogen (secondary N) is 3. The van der Waals surface area contributed by atoms with Gasteiger partial charge in [0.2, 0.25) is 5.91 Å². The highest BCUT2D eigenvalue weighted by atomic mass is 19.2. The summed E-state index contributed by atoms with van der Waals surface area (Å²) in [5.41, 5.74) is 0.881. The second-order valence-corrected chi connectivity index (χ2v) is 7.32. The van der Waals surface area contributed by atoms with Crippen LogP contribution in [0.4, 0.5) is 26.1 Å². The van der Waals surface area contributed by atoms with Crippen LogP contribution in [-0.4, -0.2) is 39.8 Å². The van der Waals surface area contributed by atoms with E-state index in [-0.39, 0.29) is 12.1 Å². The predicted octanol–water partition coefficient (Wildman–Crippen LogP) is 4.35. The first kappa shape index (κ1) is 22.9. The van der Waals surface area contributed by atoms with Gasteiger partial charge in [-0.2, -0.15) is 5.10 Å². The molecule has 9 nitrogen and oxygen atoms in total. The van der Waals surface area contributed by atoms with Crippen molar-refractivity contribution in [3.8, 4) is 11.5 Å². The second kappa shape index (κ2) is 10.1. The number of fused-ring (bicyclic) bond motifs is 1. The van der Waals surface area contributed by atoms with Gasteiger partial charge in [-0.25, -0.2) is 18.7 Å². The van der Waals surface area contributed by atoms with Gasteiger partial charge in [-0.15, -0.1) is 0 Å². The molecule has 0 bridgehead atoms. The zero-order chi connectivity index (χ0) is 24.1. The molecule has 3 N–H and O–H groups in total. The normalized spacial score (nSPS) is 10.8. The molecule has 0 saturated carbocycles. The van der Waals surface area contributed by atoms with Gasteiger partial charge in [0, 0.05) is 23.2 Å². The van der Waals surface area contributed by atoms with Gasteiger partial charge in [0.15, 0.2) is 29.0 Å². The molecular weight excluding hydrogens is 446 g/mol. The minimum atomic E-state index is -1.11. The molecule has 0 spiro atoms. The molecule has 176 valence electrons. The van der Waals surface area contributed by atoms with E-state index in [1.807, 2.05) is 6.92 Å². The van der Waals surface area contributed by atoms with Gasteiger partial charge in [0.25, 0.3) is 0 Å². The Morgan fingerprint density at radius 3 is 2.79 bits per heavy atom. The molecule has 0 saturated heterocycles. The van der Waals surface area contributed by atoms with E-state index < -0.39 is 17.5 Å². The summed E-state index contributed by atoms with van der Waals surface area (Å²) >= 11 is 0. The summed E-state index contributed by atoms with van der Waals surface area (Å²) in [7, 11) is 1.55. The predicted molar refractivity (Wildman–Crippen MR) is 122 cm³/mol. The largest absolute Gasteiger partial charge is 0.493 e. The molecule has 4 rings (SSSR count). The minimum absolute atomic E-state index is 0.124. The van der Waals surface area contributed by atoms with E-state index in [0.29, 0.717) is 46.3 Å². The fourth-order valence-electron chi connectivity index (χ4n) is 3.25. The number of carbonyl (C=O) groups is 1. The van der Waals surface area contributed by atoms with Crippen LogP contribution in [0.25, 0.3) is 10.9 Å². The van der Waals surface area contributed by atoms with Crippen LogP contribution in [-0.2, 0) is 11.2 Å². The number of H-pyrrole nitrogens is 1. The monoisotopic (exact) mass is 468 g/mol. The quantitative estimate of drug-likeness (QED) is 0.335. The Morgan fingerprint density at radius 1 is 1.15 bits per heavy atom.